The topological polar surface area (TPSA) is 75.4 Å². The van der Waals surface area contributed by atoms with E-state index in [0.717, 1.165) is 16.7 Å². The van der Waals surface area contributed by atoms with Crippen LogP contribution in [0.2, 0.25) is 0 Å². The number of aliphatic hydroxyl groups is 1. The van der Waals surface area contributed by atoms with E-state index in [1.807, 2.05) is 48.0 Å². The highest BCUT2D eigenvalue weighted by Gasteiger charge is 2.17. The minimum absolute atomic E-state index is 0.162. The molecule has 0 aliphatic rings. The molecule has 2 rings (SSSR count). The molecule has 4 nitrogen and oxygen atoms in total. The Morgan fingerprint density at radius 3 is 2.60 bits per heavy atom. The number of nitrogens with two attached hydrogens (primary N) is 1. The van der Waals surface area contributed by atoms with E-state index in [0.29, 0.717) is 0 Å². The highest BCUT2D eigenvalue weighted by molar-refractivity contribution is 7.07. The van der Waals surface area contributed by atoms with Crippen LogP contribution in [0, 0.1) is 6.92 Å². The van der Waals surface area contributed by atoms with E-state index < -0.39 is 12.1 Å². The number of aliphatic hydroxyl groups excluding tert-OH is 1. The summed E-state index contributed by atoms with van der Waals surface area (Å²) in [4.78, 5) is 12.0. The second-order valence-electron chi connectivity index (χ2n) is 4.71. The fourth-order valence-electron chi connectivity index (χ4n) is 1.81. The summed E-state index contributed by atoms with van der Waals surface area (Å²) < 4.78 is 0. The zero-order valence-corrected chi connectivity index (χ0v) is 12.1. The minimum Gasteiger partial charge on any atom is -0.387 e. The van der Waals surface area contributed by atoms with Gasteiger partial charge >= 0.3 is 0 Å². The zero-order chi connectivity index (χ0) is 14.5. The Balaban J connectivity index is 1.90. The Morgan fingerprint density at radius 1 is 1.30 bits per heavy atom. The lowest BCUT2D eigenvalue weighted by Gasteiger charge is -2.15. The third-order valence-corrected chi connectivity index (χ3v) is 3.82. The van der Waals surface area contributed by atoms with Crippen molar-refractivity contribution in [3.63, 3.8) is 0 Å². The van der Waals surface area contributed by atoms with Gasteiger partial charge in [-0.05, 0) is 34.9 Å². The molecule has 0 spiro atoms. The fraction of sp³-hybridized carbons (Fsp3) is 0.267. The molecule has 5 heteroatoms. The van der Waals surface area contributed by atoms with Crippen molar-refractivity contribution in [2.75, 3.05) is 6.54 Å². The normalized spacial score (nSPS) is 13.8. The lowest BCUT2D eigenvalue weighted by atomic mass is 10.1. The Hall–Kier alpha value is -1.69. The maximum atomic E-state index is 12.0. The summed E-state index contributed by atoms with van der Waals surface area (Å²) in [6.45, 7) is 2.14. The minimum atomic E-state index is -0.717. The van der Waals surface area contributed by atoms with Crippen molar-refractivity contribution < 1.29 is 9.90 Å². The van der Waals surface area contributed by atoms with Crippen molar-refractivity contribution in [1.29, 1.82) is 0 Å². The van der Waals surface area contributed by atoms with E-state index >= 15 is 0 Å². The molecule has 0 saturated carbocycles. The van der Waals surface area contributed by atoms with E-state index in [4.69, 9.17) is 5.73 Å². The SMILES string of the molecule is Cc1ccc(C(N)C(=O)NCC(O)c2ccsc2)cc1. The third-order valence-electron chi connectivity index (χ3n) is 3.12. The van der Waals surface area contributed by atoms with Gasteiger partial charge in [-0.2, -0.15) is 11.3 Å². The van der Waals surface area contributed by atoms with Crippen LogP contribution >= 0.6 is 11.3 Å². The van der Waals surface area contributed by atoms with Crippen LogP contribution in [-0.4, -0.2) is 17.6 Å². The lowest BCUT2D eigenvalue weighted by Crippen LogP contribution is -2.36. The van der Waals surface area contributed by atoms with Crippen LogP contribution in [0.5, 0.6) is 0 Å². The van der Waals surface area contributed by atoms with Crippen LogP contribution in [0.25, 0.3) is 0 Å². The van der Waals surface area contributed by atoms with Crippen molar-refractivity contribution in [2.24, 2.45) is 5.73 Å². The molecule has 1 amide bonds. The van der Waals surface area contributed by atoms with Gasteiger partial charge in [0.25, 0.3) is 0 Å². The van der Waals surface area contributed by atoms with Crippen LogP contribution in [0.1, 0.15) is 28.8 Å². The van der Waals surface area contributed by atoms with E-state index in [-0.39, 0.29) is 12.5 Å². The molecule has 0 aliphatic carbocycles. The number of hydrogen-bond donors (Lipinski definition) is 3. The molecule has 0 bridgehead atoms. The summed E-state index contributed by atoms with van der Waals surface area (Å²) in [6.07, 6.45) is -0.699. The first-order valence-electron chi connectivity index (χ1n) is 6.38. The molecule has 106 valence electrons. The molecule has 2 unspecified atom stereocenters. The van der Waals surface area contributed by atoms with Crippen LogP contribution in [0.15, 0.2) is 41.1 Å². The highest BCUT2D eigenvalue weighted by Crippen LogP contribution is 2.16. The number of thiophene rings is 1. The van der Waals surface area contributed by atoms with Gasteiger partial charge in [-0.25, -0.2) is 0 Å². The van der Waals surface area contributed by atoms with Gasteiger partial charge in [0.2, 0.25) is 5.91 Å². The van der Waals surface area contributed by atoms with Crippen LogP contribution in [-0.2, 0) is 4.79 Å². The van der Waals surface area contributed by atoms with Gasteiger partial charge in [-0.3, -0.25) is 4.79 Å². The van der Waals surface area contributed by atoms with E-state index in [1.165, 1.54) is 11.3 Å². The number of benzene rings is 1. The second-order valence-corrected chi connectivity index (χ2v) is 5.49. The summed E-state index contributed by atoms with van der Waals surface area (Å²) in [5, 5.41) is 16.3. The average molecular weight is 290 g/mol. The van der Waals surface area contributed by atoms with Crippen molar-refractivity contribution in [2.45, 2.75) is 19.1 Å². The predicted molar refractivity (Wildman–Crippen MR) is 80.4 cm³/mol. The number of aryl methyl sites for hydroxylation is 1. The molecule has 1 aromatic heterocycles. The monoisotopic (exact) mass is 290 g/mol. The fourth-order valence-corrected chi connectivity index (χ4v) is 2.52. The molecule has 1 heterocycles. The van der Waals surface area contributed by atoms with E-state index in [9.17, 15) is 9.90 Å². The van der Waals surface area contributed by atoms with Gasteiger partial charge in [0.15, 0.2) is 0 Å². The van der Waals surface area contributed by atoms with Crippen LogP contribution in [0.4, 0.5) is 0 Å². The smallest absolute Gasteiger partial charge is 0.241 e. The van der Waals surface area contributed by atoms with E-state index in [1.54, 1.807) is 0 Å². The molecule has 20 heavy (non-hydrogen) atoms. The number of hydrogen-bond acceptors (Lipinski definition) is 4. The van der Waals surface area contributed by atoms with Gasteiger partial charge in [-0.1, -0.05) is 29.8 Å². The summed E-state index contributed by atoms with van der Waals surface area (Å²) in [7, 11) is 0. The van der Waals surface area contributed by atoms with Crippen LogP contribution in [0.3, 0.4) is 0 Å². The van der Waals surface area contributed by atoms with Crippen molar-refractivity contribution in [3.8, 4) is 0 Å². The summed E-state index contributed by atoms with van der Waals surface area (Å²) in [6, 6.07) is 8.64. The summed E-state index contributed by atoms with van der Waals surface area (Å²) in [5.41, 5.74) is 8.59. The number of rotatable bonds is 5. The molecule has 0 saturated heterocycles. The molecule has 1 aromatic carbocycles. The number of carbonyl (C=O) groups is 1. The summed E-state index contributed by atoms with van der Waals surface area (Å²) >= 11 is 1.51. The molecule has 2 atom stereocenters. The highest BCUT2D eigenvalue weighted by atomic mass is 32.1. The maximum absolute atomic E-state index is 12.0. The van der Waals surface area contributed by atoms with Gasteiger partial charge in [0.05, 0.1) is 6.10 Å². The van der Waals surface area contributed by atoms with Crippen molar-refractivity contribution in [3.05, 3.63) is 57.8 Å². The predicted octanol–water partition coefficient (Wildman–Crippen LogP) is 1.91. The number of amides is 1. The maximum Gasteiger partial charge on any atom is 0.241 e. The van der Waals surface area contributed by atoms with Crippen LogP contribution < -0.4 is 11.1 Å². The number of nitrogens with one attached hydrogen (secondary N) is 1. The quantitative estimate of drug-likeness (QED) is 0.787. The van der Waals surface area contributed by atoms with E-state index in [2.05, 4.69) is 5.32 Å². The first-order valence-corrected chi connectivity index (χ1v) is 7.32. The first-order chi connectivity index (χ1) is 9.58. The van der Waals surface area contributed by atoms with Gasteiger partial charge in [0, 0.05) is 6.54 Å². The third kappa shape index (κ3) is 3.66. The molecule has 0 aliphatic heterocycles. The Bertz CT molecular complexity index is 552. The van der Waals surface area contributed by atoms with Gasteiger partial charge in [-0.15, -0.1) is 0 Å². The molecule has 4 N–H and O–H groups in total. The average Bonchev–Trinajstić information content (AvgIpc) is 2.98. The molecule has 0 radical (unpaired) electrons. The van der Waals surface area contributed by atoms with Crippen molar-refractivity contribution >= 4 is 17.2 Å². The largest absolute Gasteiger partial charge is 0.387 e. The molecule has 2 aromatic rings. The van der Waals surface area contributed by atoms with Crippen molar-refractivity contribution in [1.82, 2.24) is 5.32 Å². The Morgan fingerprint density at radius 2 is 2.00 bits per heavy atom. The second kappa shape index (κ2) is 6.65. The van der Waals surface area contributed by atoms with Gasteiger partial charge in [0.1, 0.15) is 6.04 Å². The molecule has 0 fully saturated rings. The lowest BCUT2D eigenvalue weighted by molar-refractivity contribution is -0.122. The Labute approximate surface area is 122 Å². The Kier molecular flexibility index (Phi) is 4.89. The standard InChI is InChI=1S/C15H18N2O2S/c1-10-2-4-11(5-3-10)14(16)15(19)17-8-13(18)12-6-7-20-9-12/h2-7,9,13-14,18H,8,16H2,1H3,(H,17,19). The first kappa shape index (κ1) is 14.7. The summed E-state index contributed by atoms with van der Waals surface area (Å²) in [5.74, 6) is -0.289. The molecular formula is C15H18N2O2S. The zero-order valence-electron chi connectivity index (χ0n) is 11.2. The molecular weight excluding hydrogens is 272 g/mol. The van der Waals surface area contributed by atoms with Gasteiger partial charge < -0.3 is 16.2 Å². The number of carbonyl (C=O) groups excluding carboxylic acids is 1.